The smallest absolute Gasteiger partial charge is 0.252 e. The van der Waals surface area contributed by atoms with Gasteiger partial charge in [-0.15, -0.1) is 0 Å². The molecular weight excluding hydrogens is 632 g/mol. The summed E-state index contributed by atoms with van der Waals surface area (Å²) in [5, 5.41) is 32.2. The van der Waals surface area contributed by atoms with E-state index in [1.54, 1.807) is 0 Å². The van der Waals surface area contributed by atoms with Crippen LogP contribution in [0.5, 0.6) is 0 Å². The molecule has 0 saturated heterocycles. The average Bonchev–Trinajstić information content (AvgIpc) is 3.15. The minimum absolute atomic E-state index is 0.215. The lowest BCUT2D eigenvalue weighted by Gasteiger charge is -2.24. The van der Waals surface area contributed by atoms with E-state index >= 15 is 0 Å². The molecule has 0 aromatic heterocycles. The molecule has 10 heteroatoms. The van der Waals surface area contributed by atoms with E-state index in [4.69, 9.17) is 0 Å². The molecule has 0 radical (unpaired) electrons. The first-order valence-electron chi connectivity index (χ1n) is 17.0. The largest absolute Gasteiger partial charge is 0.380 e. The summed E-state index contributed by atoms with van der Waals surface area (Å²) in [5.74, 6) is -3.08. The number of rotatable bonds is 19. The van der Waals surface area contributed by atoms with Crippen molar-refractivity contribution >= 4 is 23.6 Å². The number of hydrogen-bond donors (Lipinski definition) is 6. The fourth-order valence-electron chi connectivity index (χ4n) is 5.45. The highest BCUT2D eigenvalue weighted by Gasteiger charge is 2.34. The van der Waals surface area contributed by atoms with E-state index < -0.39 is 47.9 Å². The third-order valence-electron chi connectivity index (χ3n) is 8.34. The number of aryl methyl sites for hydroxylation is 2. The monoisotopic (exact) mass is 678 g/mol. The van der Waals surface area contributed by atoms with Crippen molar-refractivity contribution in [2.24, 2.45) is 0 Å². The summed E-state index contributed by atoms with van der Waals surface area (Å²) in [7, 11) is 0. The van der Waals surface area contributed by atoms with Crippen LogP contribution in [-0.4, -0.2) is 71.2 Å². The van der Waals surface area contributed by atoms with E-state index in [0.717, 1.165) is 22.3 Å². The number of amides is 4. The van der Waals surface area contributed by atoms with Gasteiger partial charge in [-0.3, -0.25) is 19.2 Å². The van der Waals surface area contributed by atoms with E-state index in [1.807, 2.05) is 121 Å². The van der Waals surface area contributed by atoms with Crippen LogP contribution in [0.25, 0.3) is 0 Å². The Bertz CT molecular complexity index is 1500. The van der Waals surface area contributed by atoms with Crippen molar-refractivity contribution < 1.29 is 29.4 Å². The third kappa shape index (κ3) is 12.6. The second-order valence-electron chi connectivity index (χ2n) is 12.1. The molecule has 4 unspecified atom stereocenters. The van der Waals surface area contributed by atoms with Crippen molar-refractivity contribution in [2.45, 2.75) is 62.8 Å². The van der Waals surface area contributed by atoms with Crippen LogP contribution in [0, 0.1) is 0 Å². The Hall–Kier alpha value is -5.32. The van der Waals surface area contributed by atoms with Crippen molar-refractivity contribution in [1.29, 1.82) is 0 Å². The highest BCUT2D eigenvalue weighted by Crippen LogP contribution is 2.09. The highest BCUT2D eigenvalue weighted by atomic mass is 16.3. The summed E-state index contributed by atoms with van der Waals surface area (Å²) in [5.41, 5.74) is 3.98. The van der Waals surface area contributed by atoms with Crippen molar-refractivity contribution in [3.8, 4) is 0 Å². The molecule has 4 rings (SSSR count). The molecule has 0 aliphatic rings. The van der Waals surface area contributed by atoms with Gasteiger partial charge in [0.25, 0.3) is 11.8 Å². The zero-order chi connectivity index (χ0) is 35.6. The molecule has 0 aliphatic heterocycles. The molecule has 0 heterocycles. The van der Waals surface area contributed by atoms with E-state index in [1.165, 1.54) is 0 Å². The Kier molecular flexibility index (Phi) is 15.2. The van der Waals surface area contributed by atoms with Gasteiger partial charge < -0.3 is 31.5 Å². The number of hydrogen-bond acceptors (Lipinski definition) is 6. The van der Waals surface area contributed by atoms with Gasteiger partial charge in [-0.25, -0.2) is 0 Å². The van der Waals surface area contributed by atoms with Gasteiger partial charge in [0, 0.05) is 13.1 Å². The van der Waals surface area contributed by atoms with E-state index in [0.29, 0.717) is 38.8 Å². The Morgan fingerprint density at radius 1 is 0.420 bits per heavy atom. The molecule has 6 N–H and O–H groups in total. The highest BCUT2D eigenvalue weighted by molar-refractivity contribution is 5.95. The first-order valence-corrected chi connectivity index (χ1v) is 17.0. The van der Waals surface area contributed by atoms with Gasteiger partial charge in [-0.1, -0.05) is 121 Å². The van der Waals surface area contributed by atoms with Crippen LogP contribution in [0.15, 0.2) is 121 Å². The molecule has 4 aromatic carbocycles. The second kappa shape index (κ2) is 20.3. The molecule has 0 spiro atoms. The van der Waals surface area contributed by atoms with Crippen LogP contribution in [0.4, 0.5) is 0 Å². The molecule has 262 valence electrons. The van der Waals surface area contributed by atoms with Crippen molar-refractivity contribution in [1.82, 2.24) is 21.3 Å². The Morgan fingerprint density at radius 3 is 1.00 bits per heavy atom. The molecule has 50 heavy (non-hydrogen) atoms. The van der Waals surface area contributed by atoms with Gasteiger partial charge in [0.15, 0.2) is 12.2 Å². The predicted octanol–water partition coefficient (Wildman–Crippen LogP) is 2.66. The van der Waals surface area contributed by atoms with Gasteiger partial charge in [0.05, 0.1) is 0 Å². The Labute approximate surface area is 293 Å². The minimum Gasteiger partial charge on any atom is -0.380 e. The molecule has 0 bridgehead atoms. The third-order valence-corrected chi connectivity index (χ3v) is 8.34. The molecule has 0 aliphatic carbocycles. The van der Waals surface area contributed by atoms with Gasteiger partial charge in [0.1, 0.15) is 12.1 Å². The molecule has 10 nitrogen and oxygen atoms in total. The number of aliphatic hydroxyl groups excluding tert-OH is 2. The zero-order valence-corrected chi connectivity index (χ0v) is 28.0. The normalized spacial score (nSPS) is 13.2. The lowest BCUT2D eigenvalue weighted by atomic mass is 10.0. The minimum atomic E-state index is -2.19. The maximum atomic E-state index is 13.2. The molecule has 4 aromatic rings. The summed E-state index contributed by atoms with van der Waals surface area (Å²) in [6.45, 7) is 0.651. The van der Waals surface area contributed by atoms with Crippen LogP contribution in [0.2, 0.25) is 0 Å². The van der Waals surface area contributed by atoms with E-state index in [-0.39, 0.29) is 12.8 Å². The van der Waals surface area contributed by atoms with Crippen LogP contribution in [-0.2, 0) is 44.9 Å². The van der Waals surface area contributed by atoms with Crippen LogP contribution >= 0.6 is 0 Å². The molecule has 4 atom stereocenters. The maximum absolute atomic E-state index is 13.2. The first-order chi connectivity index (χ1) is 24.3. The van der Waals surface area contributed by atoms with Gasteiger partial charge in [-0.05, 0) is 60.8 Å². The Balaban J connectivity index is 1.36. The van der Waals surface area contributed by atoms with Gasteiger partial charge in [-0.2, -0.15) is 0 Å². The van der Waals surface area contributed by atoms with Gasteiger partial charge >= 0.3 is 0 Å². The maximum Gasteiger partial charge on any atom is 0.252 e. The van der Waals surface area contributed by atoms with Crippen LogP contribution < -0.4 is 21.3 Å². The number of carbonyl (C=O) groups excluding carboxylic acids is 4. The van der Waals surface area contributed by atoms with Crippen molar-refractivity contribution in [2.75, 3.05) is 13.1 Å². The summed E-state index contributed by atoms with van der Waals surface area (Å²) >= 11 is 0. The SMILES string of the molecule is O=C(NCCc1ccccc1)C(CCc1ccccc1)NC(=O)C(O)C(O)C(=O)NC(CCc1ccccc1)C(=O)NCCc1ccccc1. The van der Waals surface area contributed by atoms with Gasteiger partial charge in [0.2, 0.25) is 11.8 Å². The van der Waals surface area contributed by atoms with Crippen LogP contribution in [0.1, 0.15) is 35.1 Å². The second-order valence-corrected chi connectivity index (χ2v) is 12.1. The van der Waals surface area contributed by atoms with Crippen molar-refractivity contribution in [3.63, 3.8) is 0 Å². The van der Waals surface area contributed by atoms with Crippen LogP contribution in [0.3, 0.4) is 0 Å². The number of aliphatic hydroxyl groups is 2. The number of benzene rings is 4. The quantitative estimate of drug-likeness (QED) is 0.0896. The molecule has 4 amide bonds. The molecule has 0 saturated carbocycles. The summed E-state index contributed by atoms with van der Waals surface area (Å²) < 4.78 is 0. The van der Waals surface area contributed by atoms with E-state index in [9.17, 15) is 29.4 Å². The van der Waals surface area contributed by atoms with E-state index in [2.05, 4.69) is 21.3 Å². The summed E-state index contributed by atoms with van der Waals surface area (Å²) in [6, 6.07) is 36.0. The first kappa shape index (κ1) is 37.5. The van der Waals surface area contributed by atoms with Crippen molar-refractivity contribution in [3.05, 3.63) is 144 Å². The number of carbonyl (C=O) groups is 4. The fraction of sp³-hybridized carbons (Fsp3) is 0.300. The molecule has 0 fully saturated rings. The molecular formula is C40H46N4O6. The standard InChI is InChI=1S/C40H46N4O6/c45-35(39(49)43-33(23-21-29-13-5-1-6-14-29)37(47)41-27-25-31-17-9-3-10-18-31)36(46)40(50)44-34(24-22-30-15-7-2-8-16-30)38(48)42-28-26-32-19-11-4-12-20-32/h1-20,33-36,45-46H,21-28H2,(H,41,47)(H,42,48)(H,43,49)(H,44,50). The summed E-state index contributed by atoms with van der Waals surface area (Å²) in [6.07, 6.45) is -1.88. The Morgan fingerprint density at radius 2 is 0.700 bits per heavy atom. The lowest BCUT2D eigenvalue weighted by Crippen LogP contribution is -2.57. The predicted molar refractivity (Wildman–Crippen MR) is 192 cm³/mol. The fourth-order valence-corrected chi connectivity index (χ4v) is 5.45. The zero-order valence-electron chi connectivity index (χ0n) is 28.0. The lowest BCUT2D eigenvalue weighted by molar-refractivity contribution is -0.148. The topological polar surface area (TPSA) is 157 Å². The number of nitrogens with one attached hydrogen (secondary N) is 4. The average molecular weight is 679 g/mol. The summed E-state index contributed by atoms with van der Waals surface area (Å²) in [4.78, 5) is 52.7.